The molecule has 1 saturated heterocycles. The van der Waals surface area contributed by atoms with Crippen LogP contribution in [0.25, 0.3) is 0 Å². The van der Waals surface area contributed by atoms with Crippen molar-refractivity contribution in [2.75, 3.05) is 20.1 Å². The summed E-state index contributed by atoms with van der Waals surface area (Å²) in [5, 5.41) is 9.39. The highest BCUT2D eigenvalue weighted by atomic mass is 16.6. The van der Waals surface area contributed by atoms with E-state index >= 15 is 0 Å². The van der Waals surface area contributed by atoms with Gasteiger partial charge in [-0.1, -0.05) is 30.3 Å². The van der Waals surface area contributed by atoms with Crippen molar-refractivity contribution >= 4 is 12.1 Å². The third kappa shape index (κ3) is 4.71. The lowest BCUT2D eigenvalue weighted by Crippen LogP contribution is -2.54. The second-order valence-corrected chi connectivity index (χ2v) is 6.63. The third-order valence-corrected chi connectivity index (χ3v) is 4.63. The molecule has 6 heteroatoms. The first-order valence-electron chi connectivity index (χ1n) is 8.28. The van der Waals surface area contributed by atoms with Crippen LogP contribution >= 0.6 is 0 Å². The number of hydrogen-bond acceptors (Lipinski definition) is 4. The zero-order chi connectivity index (χ0) is 17.7. The molecule has 0 saturated carbocycles. The van der Waals surface area contributed by atoms with Crippen LogP contribution in [0, 0.1) is 5.92 Å². The molecule has 1 N–H and O–H groups in total. The van der Waals surface area contributed by atoms with Crippen molar-refractivity contribution in [1.29, 1.82) is 0 Å². The molecule has 2 rings (SSSR count). The van der Waals surface area contributed by atoms with Crippen LogP contribution in [-0.2, 0) is 16.1 Å². The maximum atomic E-state index is 12.4. The van der Waals surface area contributed by atoms with E-state index in [1.54, 1.807) is 0 Å². The number of carbonyl (C=O) groups excluding carboxylic acids is 1. The Bertz CT molecular complexity index is 561. The molecule has 1 aliphatic rings. The predicted molar refractivity (Wildman–Crippen MR) is 90.6 cm³/mol. The lowest BCUT2D eigenvalue weighted by atomic mass is 9.93. The van der Waals surface area contributed by atoms with Crippen molar-refractivity contribution in [3.63, 3.8) is 0 Å². The Morgan fingerprint density at radius 1 is 1.29 bits per heavy atom. The van der Waals surface area contributed by atoms with Gasteiger partial charge >= 0.3 is 12.1 Å². The van der Waals surface area contributed by atoms with E-state index in [9.17, 15) is 14.7 Å². The van der Waals surface area contributed by atoms with Crippen LogP contribution in [0.4, 0.5) is 4.79 Å². The van der Waals surface area contributed by atoms with Gasteiger partial charge < -0.3 is 14.7 Å². The number of aliphatic carboxylic acids is 1. The molecule has 1 amide bonds. The maximum absolute atomic E-state index is 12.4. The number of carboxylic acid groups (broad SMARTS) is 1. The van der Waals surface area contributed by atoms with Crippen molar-refractivity contribution in [2.24, 2.45) is 5.92 Å². The molecule has 1 heterocycles. The van der Waals surface area contributed by atoms with Crippen LogP contribution in [0.15, 0.2) is 30.3 Å². The number of piperidine rings is 1. The minimum absolute atomic E-state index is 0.0177. The summed E-state index contributed by atoms with van der Waals surface area (Å²) in [6.07, 6.45) is 0.0962. The summed E-state index contributed by atoms with van der Waals surface area (Å²) >= 11 is 0. The first-order valence-corrected chi connectivity index (χ1v) is 8.28. The monoisotopic (exact) mass is 334 g/mol. The van der Waals surface area contributed by atoms with Crippen molar-refractivity contribution in [2.45, 2.75) is 39.0 Å². The Labute approximate surface area is 143 Å². The highest BCUT2D eigenvalue weighted by Gasteiger charge is 2.36. The van der Waals surface area contributed by atoms with Crippen LogP contribution in [-0.4, -0.2) is 59.2 Å². The first-order chi connectivity index (χ1) is 11.4. The summed E-state index contributed by atoms with van der Waals surface area (Å²) in [6.45, 7) is 5.00. The van der Waals surface area contributed by atoms with Gasteiger partial charge in [0.25, 0.3) is 0 Å². The van der Waals surface area contributed by atoms with E-state index in [0.29, 0.717) is 13.0 Å². The van der Waals surface area contributed by atoms with Crippen LogP contribution in [0.1, 0.15) is 25.8 Å². The van der Waals surface area contributed by atoms with E-state index in [0.717, 1.165) is 5.56 Å². The standard InChI is InChI=1S/C18H26N2O4/c1-13(2)19(3)16-9-15(17(21)22)10-20(11-16)18(23)24-12-14-7-5-4-6-8-14/h4-8,13,15-16H,9-12H2,1-3H3,(H,21,22)/t15-,16-/m0/s1. The molecule has 0 aromatic heterocycles. The topological polar surface area (TPSA) is 70.1 Å². The Balaban J connectivity index is 2.00. The smallest absolute Gasteiger partial charge is 0.410 e. The molecule has 1 aromatic carbocycles. The number of ether oxygens (including phenoxy) is 1. The fourth-order valence-corrected chi connectivity index (χ4v) is 2.93. The summed E-state index contributed by atoms with van der Waals surface area (Å²) in [5.41, 5.74) is 0.911. The quantitative estimate of drug-likeness (QED) is 0.895. The number of likely N-dealkylation sites (tertiary alicyclic amines) is 1. The van der Waals surface area contributed by atoms with E-state index in [-0.39, 0.29) is 25.2 Å². The van der Waals surface area contributed by atoms with Gasteiger partial charge in [-0.15, -0.1) is 0 Å². The van der Waals surface area contributed by atoms with Gasteiger partial charge in [0.2, 0.25) is 0 Å². The molecule has 24 heavy (non-hydrogen) atoms. The van der Waals surface area contributed by atoms with Crippen LogP contribution in [0.5, 0.6) is 0 Å². The predicted octanol–water partition coefficient (Wildman–Crippen LogP) is 2.44. The minimum atomic E-state index is -0.863. The lowest BCUT2D eigenvalue weighted by molar-refractivity contribution is -0.144. The van der Waals surface area contributed by atoms with Gasteiger partial charge in [0.05, 0.1) is 5.92 Å². The fraction of sp³-hybridized carbons (Fsp3) is 0.556. The SMILES string of the molecule is CC(C)N(C)[C@H]1C[C@H](C(=O)O)CN(C(=O)OCc2ccccc2)C1. The molecule has 1 aliphatic heterocycles. The van der Waals surface area contributed by atoms with Gasteiger partial charge in [0.1, 0.15) is 6.61 Å². The molecule has 0 bridgehead atoms. The number of amides is 1. The Kier molecular flexibility index (Phi) is 6.20. The zero-order valence-electron chi connectivity index (χ0n) is 14.5. The van der Waals surface area contributed by atoms with Gasteiger partial charge in [-0.2, -0.15) is 0 Å². The van der Waals surface area contributed by atoms with Gasteiger partial charge in [-0.3, -0.25) is 9.69 Å². The molecule has 6 nitrogen and oxygen atoms in total. The fourth-order valence-electron chi connectivity index (χ4n) is 2.93. The molecule has 0 unspecified atom stereocenters. The van der Waals surface area contributed by atoms with Gasteiger partial charge in [0.15, 0.2) is 0 Å². The Morgan fingerprint density at radius 2 is 1.96 bits per heavy atom. The summed E-state index contributed by atoms with van der Waals surface area (Å²) in [5.74, 6) is -1.42. The Hall–Kier alpha value is -2.08. The lowest BCUT2D eigenvalue weighted by Gasteiger charge is -2.41. The third-order valence-electron chi connectivity index (χ3n) is 4.63. The summed E-state index contributed by atoms with van der Waals surface area (Å²) in [7, 11) is 1.97. The van der Waals surface area contributed by atoms with Gasteiger partial charge in [-0.25, -0.2) is 4.79 Å². The normalized spacial score (nSPS) is 21.1. The highest BCUT2D eigenvalue weighted by Crippen LogP contribution is 2.23. The average molecular weight is 334 g/mol. The first kappa shape index (κ1) is 18.3. The maximum Gasteiger partial charge on any atom is 0.410 e. The van der Waals surface area contributed by atoms with Crippen molar-refractivity contribution in [3.05, 3.63) is 35.9 Å². The number of rotatable bonds is 5. The minimum Gasteiger partial charge on any atom is -0.481 e. The summed E-state index contributed by atoms with van der Waals surface area (Å²) in [6, 6.07) is 9.75. The second-order valence-electron chi connectivity index (χ2n) is 6.63. The van der Waals surface area contributed by atoms with Crippen LogP contribution in [0.3, 0.4) is 0 Å². The number of benzene rings is 1. The van der Waals surface area contributed by atoms with Gasteiger partial charge in [-0.05, 0) is 32.9 Å². The van der Waals surface area contributed by atoms with E-state index in [4.69, 9.17) is 4.74 Å². The number of carboxylic acids is 1. The van der Waals surface area contributed by atoms with Crippen molar-refractivity contribution in [1.82, 2.24) is 9.80 Å². The molecule has 0 spiro atoms. The van der Waals surface area contributed by atoms with E-state index in [1.165, 1.54) is 4.90 Å². The van der Waals surface area contributed by atoms with Crippen molar-refractivity contribution in [3.8, 4) is 0 Å². The van der Waals surface area contributed by atoms with Crippen LogP contribution < -0.4 is 0 Å². The van der Waals surface area contributed by atoms with Gasteiger partial charge in [0, 0.05) is 25.2 Å². The molecule has 132 valence electrons. The largest absolute Gasteiger partial charge is 0.481 e. The van der Waals surface area contributed by atoms with E-state index in [1.807, 2.05) is 37.4 Å². The Morgan fingerprint density at radius 3 is 2.54 bits per heavy atom. The zero-order valence-corrected chi connectivity index (χ0v) is 14.5. The average Bonchev–Trinajstić information content (AvgIpc) is 2.59. The molecule has 0 radical (unpaired) electrons. The second kappa shape index (κ2) is 8.15. The van der Waals surface area contributed by atoms with E-state index < -0.39 is 18.0 Å². The van der Waals surface area contributed by atoms with Crippen molar-refractivity contribution < 1.29 is 19.4 Å². The molecule has 2 atom stereocenters. The molecule has 1 aromatic rings. The summed E-state index contributed by atoms with van der Waals surface area (Å²) < 4.78 is 5.36. The molecular weight excluding hydrogens is 308 g/mol. The number of hydrogen-bond donors (Lipinski definition) is 1. The molecule has 0 aliphatic carbocycles. The number of nitrogens with zero attached hydrogens (tertiary/aromatic N) is 2. The molecule has 1 fully saturated rings. The number of likely N-dealkylation sites (N-methyl/N-ethyl adjacent to an activating group) is 1. The number of carbonyl (C=O) groups is 2. The van der Waals surface area contributed by atoms with Crippen LogP contribution in [0.2, 0.25) is 0 Å². The van der Waals surface area contributed by atoms with E-state index in [2.05, 4.69) is 18.7 Å². The highest BCUT2D eigenvalue weighted by molar-refractivity contribution is 5.73. The summed E-state index contributed by atoms with van der Waals surface area (Å²) in [4.78, 5) is 27.5. The molecular formula is C18H26N2O4.